The minimum absolute atomic E-state index is 0.491. The molecule has 1 aromatic heterocycles. The van der Waals surface area contributed by atoms with Gasteiger partial charge in [0.25, 0.3) is 0 Å². The second kappa shape index (κ2) is 4.85. The minimum atomic E-state index is 0.491. The van der Waals surface area contributed by atoms with E-state index in [4.69, 9.17) is 10.2 Å². The summed E-state index contributed by atoms with van der Waals surface area (Å²) in [6, 6.07) is 2.11. The third-order valence-corrected chi connectivity index (χ3v) is 3.05. The molecule has 0 aliphatic carbocycles. The van der Waals surface area contributed by atoms with Gasteiger partial charge in [0, 0.05) is 13.1 Å². The van der Waals surface area contributed by atoms with Gasteiger partial charge in [0.05, 0.1) is 13.1 Å². The standard InChI is InChI=1S/C13H20N2O/c1-10-4-3-5-15(8-10)9-12-6-11(2)13(7-14)16-12/h4,6H,3,5,7-9,14H2,1-2H3. The number of hydrogen-bond donors (Lipinski definition) is 1. The molecule has 0 saturated heterocycles. The largest absolute Gasteiger partial charge is 0.463 e. The van der Waals surface area contributed by atoms with E-state index in [2.05, 4.69) is 30.9 Å². The van der Waals surface area contributed by atoms with Crippen molar-refractivity contribution in [2.24, 2.45) is 5.73 Å². The van der Waals surface area contributed by atoms with Crippen molar-refractivity contribution in [1.82, 2.24) is 4.90 Å². The molecule has 0 amide bonds. The van der Waals surface area contributed by atoms with Crippen molar-refractivity contribution in [2.75, 3.05) is 13.1 Å². The van der Waals surface area contributed by atoms with Gasteiger partial charge in [0.2, 0.25) is 0 Å². The van der Waals surface area contributed by atoms with E-state index in [0.717, 1.165) is 37.6 Å². The third-order valence-electron chi connectivity index (χ3n) is 3.05. The second-order valence-corrected chi connectivity index (χ2v) is 4.57. The zero-order chi connectivity index (χ0) is 11.5. The summed E-state index contributed by atoms with van der Waals surface area (Å²) in [5.74, 6) is 1.95. The number of nitrogens with zero attached hydrogens (tertiary/aromatic N) is 1. The Morgan fingerprint density at radius 1 is 1.44 bits per heavy atom. The predicted molar refractivity (Wildman–Crippen MR) is 65.0 cm³/mol. The molecule has 16 heavy (non-hydrogen) atoms. The van der Waals surface area contributed by atoms with Gasteiger partial charge in [-0.2, -0.15) is 0 Å². The highest BCUT2D eigenvalue weighted by Gasteiger charge is 2.13. The van der Waals surface area contributed by atoms with Crippen molar-refractivity contribution >= 4 is 0 Å². The van der Waals surface area contributed by atoms with E-state index in [0.29, 0.717) is 6.54 Å². The average molecular weight is 220 g/mol. The van der Waals surface area contributed by atoms with Gasteiger partial charge in [-0.25, -0.2) is 0 Å². The first kappa shape index (κ1) is 11.4. The molecule has 0 atom stereocenters. The fourth-order valence-electron chi connectivity index (χ4n) is 2.22. The van der Waals surface area contributed by atoms with E-state index in [1.165, 1.54) is 11.1 Å². The summed E-state index contributed by atoms with van der Waals surface area (Å²) >= 11 is 0. The summed E-state index contributed by atoms with van der Waals surface area (Å²) in [6.07, 6.45) is 3.46. The highest BCUT2D eigenvalue weighted by atomic mass is 16.3. The van der Waals surface area contributed by atoms with Crippen LogP contribution in [0.15, 0.2) is 22.1 Å². The first-order valence-electron chi connectivity index (χ1n) is 5.85. The smallest absolute Gasteiger partial charge is 0.120 e. The molecule has 1 aromatic rings. The Balaban J connectivity index is 2.01. The molecule has 3 nitrogen and oxygen atoms in total. The summed E-state index contributed by atoms with van der Waals surface area (Å²) in [5, 5.41) is 0. The molecular formula is C13H20N2O. The van der Waals surface area contributed by atoms with E-state index in [1.807, 2.05) is 0 Å². The number of nitrogens with two attached hydrogens (primary N) is 1. The zero-order valence-corrected chi connectivity index (χ0v) is 10.1. The Hall–Kier alpha value is -1.06. The molecule has 0 unspecified atom stereocenters. The number of hydrogen-bond acceptors (Lipinski definition) is 3. The lowest BCUT2D eigenvalue weighted by atomic mass is 10.1. The van der Waals surface area contributed by atoms with Crippen LogP contribution >= 0.6 is 0 Å². The minimum Gasteiger partial charge on any atom is -0.463 e. The van der Waals surface area contributed by atoms with Crippen LogP contribution in [0.2, 0.25) is 0 Å². The van der Waals surface area contributed by atoms with Gasteiger partial charge in [-0.3, -0.25) is 4.90 Å². The van der Waals surface area contributed by atoms with Crippen LogP contribution in [0.25, 0.3) is 0 Å². The normalized spacial score (nSPS) is 17.6. The number of furan rings is 1. The summed E-state index contributed by atoms with van der Waals surface area (Å²) in [6.45, 7) is 7.80. The van der Waals surface area contributed by atoms with Crippen LogP contribution in [0.1, 0.15) is 30.4 Å². The summed E-state index contributed by atoms with van der Waals surface area (Å²) in [5.41, 5.74) is 8.22. The Bertz CT molecular complexity index is 393. The highest BCUT2D eigenvalue weighted by Crippen LogP contribution is 2.18. The second-order valence-electron chi connectivity index (χ2n) is 4.57. The Morgan fingerprint density at radius 2 is 2.25 bits per heavy atom. The van der Waals surface area contributed by atoms with Gasteiger partial charge in [-0.15, -0.1) is 0 Å². The first-order valence-corrected chi connectivity index (χ1v) is 5.85. The SMILES string of the molecule is CC1=CCCN(Cc2cc(C)c(CN)o2)C1. The van der Waals surface area contributed by atoms with Gasteiger partial charge in [0.1, 0.15) is 11.5 Å². The molecule has 1 aliphatic heterocycles. The molecule has 0 saturated carbocycles. The molecule has 0 bridgehead atoms. The quantitative estimate of drug-likeness (QED) is 0.794. The molecule has 2 rings (SSSR count). The fraction of sp³-hybridized carbons (Fsp3) is 0.538. The van der Waals surface area contributed by atoms with Crippen molar-refractivity contribution in [3.8, 4) is 0 Å². The Kier molecular flexibility index (Phi) is 3.46. The summed E-state index contributed by atoms with van der Waals surface area (Å²) < 4.78 is 5.72. The molecule has 0 aromatic carbocycles. The summed E-state index contributed by atoms with van der Waals surface area (Å²) in [7, 11) is 0. The van der Waals surface area contributed by atoms with E-state index in [-0.39, 0.29) is 0 Å². The maximum absolute atomic E-state index is 5.72. The lowest BCUT2D eigenvalue weighted by Gasteiger charge is -2.24. The van der Waals surface area contributed by atoms with Gasteiger partial charge < -0.3 is 10.2 Å². The lowest BCUT2D eigenvalue weighted by Crippen LogP contribution is -2.28. The lowest BCUT2D eigenvalue weighted by molar-refractivity contribution is 0.255. The van der Waals surface area contributed by atoms with E-state index in [9.17, 15) is 0 Å². The van der Waals surface area contributed by atoms with Crippen molar-refractivity contribution in [1.29, 1.82) is 0 Å². The van der Waals surface area contributed by atoms with Crippen LogP contribution in [-0.4, -0.2) is 18.0 Å². The molecule has 88 valence electrons. The van der Waals surface area contributed by atoms with Crippen molar-refractivity contribution in [3.63, 3.8) is 0 Å². The molecule has 0 fully saturated rings. The molecule has 0 spiro atoms. The molecule has 3 heteroatoms. The molecule has 2 heterocycles. The average Bonchev–Trinajstić information content (AvgIpc) is 2.58. The maximum Gasteiger partial charge on any atom is 0.120 e. The first-order chi connectivity index (χ1) is 7.69. The maximum atomic E-state index is 5.72. The monoisotopic (exact) mass is 220 g/mol. The van der Waals surface area contributed by atoms with Crippen molar-refractivity contribution < 1.29 is 4.42 Å². The topological polar surface area (TPSA) is 42.4 Å². The molecular weight excluding hydrogens is 200 g/mol. The van der Waals surface area contributed by atoms with Crippen LogP contribution < -0.4 is 5.73 Å². The number of aryl methyl sites for hydroxylation is 1. The Labute approximate surface area is 96.9 Å². The molecule has 1 aliphatic rings. The summed E-state index contributed by atoms with van der Waals surface area (Å²) in [4.78, 5) is 2.41. The Morgan fingerprint density at radius 3 is 2.88 bits per heavy atom. The molecule has 0 radical (unpaired) electrons. The van der Waals surface area contributed by atoms with Crippen LogP contribution in [0.5, 0.6) is 0 Å². The van der Waals surface area contributed by atoms with E-state index in [1.54, 1.807) is 0 Å². The van der Waals surface area contributed by atoms with Gasteiger partial charge >= 0.3 is 0 Å². The predicted octanol–water partition coefficient (Wildman–Crippen LogP) is 2.20. The van der Waals surface area contributed by atoms with Crippen molar-refractivity contribution in [2.45, 2.75) is 33.4 Å². The third kappa shape index (κ3) is 2.54. The van der Waals surface area contributed by atoms with Crippen LogP contribution in [0.4, 0.5) is 0 Å². The van der Waals surface area contributed by atoms with Crippen LogP contribution in [0.3, 0.4) is 0 Å². The van der Waals surface area contributed by atoms with Crippen molar-refractivity contribution in [3.05, 3.63) is 34.8 Å². The van der Waals surface area contributed by atoms with Crippen LogP contribution in [-0.2, 0) is 13.1 Å². The van der Waals surface area contributed by atoms with E-state index < -0.39 is 0 Å². The number of rotatable bonds is 3. The van der Waals surface area contributed by atoms with Crippen LogP contribution in [0, 0.1) is 6.92 Å². The highest BCUT2D eigenvalue weighted by molar-refractivity contribution is 5.20. The zero-order valence-electron chi connectivity index (χ0n) is 10.1. The molecule has 2 N–H and O–H groups in total. The van der Waals surface area contributed by atoms with E-state index >= 15 is 0 Å². The van der Waals surface area contributed by atoms with Gasteiger partial charge in [-0.05, 0) is 31.9 Å². The van der Waals surface area contributed by atoms with Gasteiger partial charge in [0.15, 0.2) is 0 Å². The fourth-order valence-corrected chi connectivity index (χ4v) is 2.22. The van der Waals surface area contributed by atoms with Gasteiger partial charge in [-0.1, -0.05) is 11.6 Å².